The molecule has 3 N–H and O–H groups in total. The minimum absolute atomic E-state index is 0.00228. The number of methoxy groups -OCH3 is 1. The molecule has 88 valence electrons. The van der Waals surface area contributed by atoms with Gasteiger partial charge in [0.25, 0.3) is 0 Å². The number of carbonyl (C=O) groups excluding carboxylic acids is 1. The van der Waals surface area contributed by atoms with Gasteiger partial charge in [-0.3, -0.25) is 4.79 Å². The van der Waals surface area contributed by atoms with Crippen molar-refractivity contribution in [3.63, 3.8) is 0 Å². The lowest BCUT2D eigenvalue weighted by molar-refractivity contribution is -0.146. The van der Waals surface area contributed by atoms with Crippen LogP contribution in [-0.4, -0.2) is 41.3 Å². The predicted octanol–water partition coefficient (Wildman–Crippen LogP) is -0.224. The molecule has 2 rings (SSSR count). The number of ether oxygens (including phenoxy) is 1. The fourth-order valence-corrected chi connectivity index (χ4v) is 1.89. The highest BCUT2D eigenvalue weighted by atomic mass is 16.5. The lowest BCUT2D eigenvalue weighted by Gasteiger charge is -2.29. The molecule has 0 aliphatic carbocycles. The molecule has 0 atom stereocenters. The molecule has 16 heavy (non-hydrogen) atoms. The summed E-state index contributed by atoms with van der Waals surface area (Å²) in [6.45, 7) is 1.49. The van der Waals surface area contributed by atoms with Crippen LogP contribution in [0, 0.1) is 5.92 Å². The Balaban J connectivity index is 1.92. The van der Waals surface area contributed by atoms with Crippen LogP contribution in [0.4, 0.5) is 11.9 Å². The van der Waals surface area contributed by atoms with E-state index in [4.69, 9.17) is 10.5 Å². The molecule has 1 aromatic heterocycles. The SMILES string of the molecule is COC(=O)C1CCN(c2n[nH]c(N)n2)CC1. The number of nitrogens with two attached hydrogens (primary N) is 1. The summed E-state index contributed by atoms with van der Waals surface area (Å²) in [5.74, 6) is 0.776. The third kappa shape index (κ3) is 2.07. The summed E-state index contributed by atoms with van der Waals surface area (Å²) in [7, 11) is 1.42. The molecular formula is C9H15N5O2. The number of hydrogen-bond acceptors (Lipinski definition) is 6. The summed E-state index contributed by atoms with van der Waals surface area (Å²) in [6.07, 6.45) is 1.53. The molecule has 0 saturated carbocycles. The first-order valence-electron chi connectivity index (χ1n) is 5.21. The van der Waals surface area contributed by atoms with Crippen LogP contribution in [-0.2, 0) is 9.53 Å². The average molecular weight is 225 g/mol. The fourth-order valence-electron chi connectivity index (χ4n) is 1.89. The number of nitrogens with zero attached hydrogens (tertiary/aromatic N) is 3. The van der Waals surface area contributed by atoms with Gasteiger partial charge in [0.05, 0.1) is 13.0 Å². The van der Waals surface area contributed by atoms with Crippen molar-refractivity contribution in [2.45, 2.75) is 12.8 Å². The van der Waals surface area contributed by atoms with E-state index in [1.54, 1.807) is 0 Å². The number of esters is 1. The van der Waals surface area contributed by atoms with Gasteiger partial charge in [-0.25, -0.2) is 5.10 Å². The Morgan fingerprint density at radius 2 is 2.25 bits per heavy atom. The van der Waals surface area contributed by atoms with Crippen molar-refractivity contribution < 1.29 is 9.53 Å². The number of nitrogens with one attached hydrogen (secondary N) is 1. The van der Waals surface area contributed by atoms with E-state index in [1.165, 1.54) is 7.11 Å². The maximum Gasteiger partial charge on any atom is 0.308 e. The lowest BCUT2D eigenvalue weighted by Crippen LogP contribution is -2.37. The van der Waals surface area contributed by atoms with Gasteiger partial charge in [0.2, 0.25) is 11.9 Å². The number of aromatic amines is 1. The smallest absolute Gasteiger partial charge is 0.308 e. The summed E-state index contributed by atoms with van der Waals surface area (Å²) in [6, 6.07) is 0. The molecule has 1 fully saturated rings. The number of H-pyrrole nitrogens is 1. The highest BCUT2D eigenvalue weighted by Crippen LogP contribution is 2.21. The second kappa shape index (κ2) is 4.38. The van der Waals surface area contributed by atoms with E-state index in [0.29, 0.717) is 11.9 Å². The Hall–Kier alpha value is -1.79. The Labute approximate surface area is 93.0 Å². The maximum absolute atomic E-state index is 11.3. The monoisotopic (exact) mass is 225 g/mol. The summed E-state index contributed by atoms with van der Waals surface area (Å²) in [5, 5.41) is 6.57. The van der Waals surface area contributed by atoms with Crippen molar-refractivity contribution >= 4 is 17.9 Å². The summed E-state index contributed by atoms with van der Waals surface area (Å²) in [5.41, 5.74) is 5.45. The van der Waals surface area contributed by atoms with Gasteiger partial charge < -0.3 is 15.4 Å². The largest absolute Gasteiger partial charge is 0.469 e. The molecule has 0 bridgehead atoms. The van der Waals surface area contributed by atoms with Crippen molar-refractivity contribution in [1.29, 1.82) is 0 Å². The van der Waals surface area contributed by atoms with Gasteiger partial charge in [-0.05, 0) is 12.8 Å². The summed E-state index contributed by atoms with van der Waals surface area (Å²) in [4.78, 5) is 17.4. The molecule has 0 unspecified atom stereocenters. The average Bonchev–Trinajstić information content (AvgIpc) is 2.75. The third-order valence-corrected chi connectivity index (χ3v) is 2.80. The second-order valence-electron chi connectivity index (χ2n) is 3.81. The van der Waals surface area contributed by atoms with Gasteiger partial charge in [0, 0.05) is 13.1 Å². The maximum atomic E-state index is 11.3. The highest BCUT2D eigenvalue weighted by Gasteiger charge is 2.26. The summed E-state index contributed by atoms with van der Waals surface area (Å²) < 4.78 is 4.72. The molecule has 0 spiro atoms. The van der Waals surface area contributed by atoms with Crippen LogP contribution in [0.3, 0.4) is 0 Å². The Morgan fingerprint density at radius 1 is 1.56 bits per heavy atom. The Bertz CT molecular complexity index is 370. The van der Waals surface area contributed by atoms with Crippen LogP contribution in [0.1, 0.15) is 12.8 Å². The molecule has 0 aromatic carbocycles. The van der Waals surface area contributed by atoms with Crippen molar-refractivity contribution in [2.75, 3.05) is 30.8 Å². The van der Waals surface area contributed by atoms with Crippen LogP contribution >= 0.6 is 0 Å². The van der Waals surface area contributed by atoms with E-state index in [0.717, 1.165) is 25.9 Å². The van der Waals surface area contributed by atoms with E-state index in [1.807, 2.05) is 4.90 Å². The Kier molecular flexibility index (Phi) is 2.93. The van der Waals surface area contributed by atoms with Gasteiger partial charge in [-0.2, -0.15) is 4.98 Å². The van der Waals surface area contributed by atoms with E-state index >= 15 is 0 Å². The molecule has 0 radical (unpaired) electrons. The molecule has 1 aromatic rings. The highest BCUT2D eigenvalue weighted by molar-refractivity contribution is 5.72. The first kappa shape index (κ1) is 10.7. The first-order valence-corrected chi connectivity index (χ1v) is 5.21. The van der Waals surface area contributed by atoms with Crippen LogP contribution in [0.2, 0.25) is 0 Å². The van der Waals surface area contributed by atoms with Crippen LogP contribution in [0.5, 0.6) is 0 Å². The molecule has 1 aliphatic rings. The predicted molar refractivity (Wildman–Crippen MR) is 57.7 cm³/mol. The number of rotatable bonds is 2. The van der Waals surface area contributed by atoms with Crippen LogP contribution in [0.15, 0.2) is 0 Å². The van der Waals surface area contributed by atoms with Gasteiger partial charge in [-0.15, -0.1) is 5.10 Å². The zero-order valence-corrected chi connectivity index (χ0v) is 9.14. The molecule has 1 aliphatic heterocycles. The second-order valence-corrected chi connectivity index (χ2v) is 3.81. The van der Waals surface area contributed by atoms with Gasteiger partial charge in [0.15, 0.2) is 0 Å². The fraction of sp³-hybridized carbons (Fsp3) is 0.667. The minimum Gasteiger partial charge on any atom is -0.469 e. The number of nitrogen functional groups attached to an aromatic ring is 1. The number of hydrogen-bond donors (Lipinski definition) is 2. The molecule has 7 nitrogen and oxygen atoms in total. The van der Waals surface area contributed by atoms with E-state index in [9.17, 15) is 4.79 Å². The van der Waals surface area contributed by atoms with Crippen molar-refractivity contribution in [3.05, 3.63) is 0 Å². The number of piperidine rings is 1. The Morgan fingerprint density at radius 3 is 2.75 bits per heavy atom. The zero-order chi connectivity index (χ0) is 11.5. The van der Waals surface area contributed by atoms with Gasteiger partial charge >= 0.3 is 5.97 Å². The molecule has 0 amide bonds. The zero-order valence-electron chi connectivity index (χ0n) is 9.14. The third-order valence-electron chi connectivity index (χ3n) is 2.80. The number of carbonyl (C=O) groups is 1. The normalized spacial score (nSPS) is 17.4. The lowest BCUT2D eigenvalue weighted by atomic mass is 9.97. The first-order chi connectivity index (χ1) is 7.70. The summed E-state index contributed by atoms with van der Waals surface area (Å²) >= 11 is 0. The molecule has 7 heteroatoms. The van der Waals surface area contributed by atoms with E-state index < -0.39 is 0 Å². The number of aromatic nitrogens is 3. The number of anilines is 2. The minimum atomic E-state index is -0.130. The van der Waals surface area contributed by atoms with E-state index in [2.05, 4.69) is 15.2 Å². The van der Waals surface area contributed by atoms with Crippen molar-refractivity contribution in [1.82, 2.24) is 15.2 Å². The molecular weight excluding hydrogens is 210 g/mol. The topological polar surface area (TPSA) is 97.1 Å². The van der Waals surface area contributed by atoms with Crippen molar-refractivity contribution in [2.24, 2.45) is 5.92 Å². The quantitative estimate of drug-likeness (QED) is 0.675. The van der Waals surface area contributed by atoms with Gasteiger partial charge in [-0.1, -0.05) is 0 Å². The van der Waals surface area contributed by atoms with Crippen LogP contribution in [0.25, 0.3) is 0 Å². The van der Waals surface area contributed by atoms with Gasteiger partial charge in [0.1, 0.15) is 0 Å². The molecule has 2 heterocycles. The van der Waals surface area contributed by atoms with Crippen LogP contribution < -0.4 is 10.6 Å². The van der Waals surface area contributed by atoms with Crippen molar-refractivity contribution in [3.8, 4) is 0 Å². The standard InChI is InChI=1S/C9H15N5O2/c1-16-7(15)6-2-4-14(5-3-6)9-11-8(10)12-13-9/h6H,2-5H2,1H3,(H3,10,11,12,13). The molecule has 1 saturated heterocycles. The van der Waals surface area contributed by atoms with E-state index in [-0.39, 0.29) is 11.9 Å².